The first kappa shape index (κ1) is 19.7. The highest BCUT2D eigenvalue weighted by atomic mass is 19.4. The van der Waals surface area contributed by atoms with E-state index in [9.17, 15) is 18.0 Å². The van der Waals surface area contributed by atoms with Gasteiger partial charge >= 0.3 is 12.4 Å². The second-order valence-corrected chi connectivity index (χ2v) is 6.68. The van der Waals surface area contributed by atoms with Crippen molar-refractivity contribution >= 4 is 11.7 Å². The Kier molecular flexibility index (Phi) is 5.30. The molecule has 1 saturated heterocycles. The van der Waals surface area contributed by atoms with Gasteiger partial charge in [-0.3, -0.25) is 0 Å². The fraction of sp³-hybridized carbons (Fsp3) is 0.250. The van der Waals surface area contributed by atoms with Crippen LogP contribution in [-0.2, 0) is 0 Å². The minimum atomic E-state index is -4.77. The summed E-state index contributed by atoms with van der Waals surface area (Å²) in [4.78, 5) is 18.7. The molecule has 0 spiro atoms. The molecule has 156 valence electrons. The summed E-state index contributed by atoms with van der Waals surface area (Å²) < 4.78 is 46.0. The van der Waals surface area contributed by atoms with Crippen LogP contribution in [0.15, 0.2) is 59.1 Å². The van der Waals surface area contributed by atoms with Crippen LogP contribution in [0, 0.1) is 0 Å². The molecule has 2 aromatic carbocycles. The van der Waals surface area contributed by atoms with Gasteiger partial charge in [0.05, 0.1) is 0 Å². The summed E-state index contributed by atoms with van der Waals surface area (Å²) in [6, 6.07) is 13.5. The minimum absolute atomic E-state index is 0.343. The lowest BCUT2D eigenvalue weighted by Gasteiger charge is -2.22. The largest absolute Gasteiger partial charge is 0.573 e. The summed E-state index contributed by atoms with van der Waals surface area (Å²) in [5, 5.41) is 6.67. The van der Waals surface area contributed by atoms with Gasteiger partial charge in [-0.15, -0.1) is 13.2 Å². The van der Waals surface area contributed by atoms with Crippen molar-refractivity contribution in [3.05, 3.63) is 60.5 Å². The lowest BCUT2D eigenvalue weighted by Crippen LogP contribution is -2.34. The number of hydrogen-bond donors (Lipinski definition) is 1. The number of carbonyl (C=O) groups is 1. The Hall–Kier alpha value is -3.56. The number of ether oxygens (including phenoxy) is 1. The van der Waals surface area contributed by atoms with Crippen LogP contribution in [0.25, 0.3) is 11.4 Å². The fourth-order valence-corrected chi connectivity index (χ4v) is 3.28. The van der Waals surface area contributed by atoms with Crippen molar-refractivity contribution in [3.63, 3.8) is 0 Å². The normalized spacial score (nSPS) is 16.5. The van der Waals surface area contributed by atoms with E-state index in [1.54, 1.807) is 4.90 Å². The lowest BCUT2D eigenvalue weighted by atomic mass is 10.2. The summed E-state index contributed by atoms with van der Waals surface area (Å²) in [5.74, 6) is 0.424. The summed E-state index contributed by atoms with van der Waals surface area (Å²) >= 11 is 0. The van der Waals surface area contributed by atoms with Crippen LogP contribution in [-0.4, -0.2) is 34.0 Å². The van der Waals surface area contributed by atoms with Crippen LogP contribution in [0.3, 0.4) is 0 Å². The van der Waals surface area contributed by atoms with E-state index >= 15 is 0 Å². The highest BCUT2D eigenvalue weighted by Crippen LogP contribution is 2.33. The third-order valence-electron chi connectivity index (χ3n) is 4.61. The topological polar surface area (TPSA) is 80.5 Å². The maximum Gasteiger partial charge on any atom is 0.573 e. The van der Waals surface area contributed by atoms with Crippen molar-refractivity contribution in [2.75, 3.05) is 11.9 Å². The van der Waals surface area contributed by atoms with Crippen molar-refractivity contribution in [1.82, 2.24) is 15.0 Å². The number of carbonyl (C=O) groups excluding carboxylic acids is 1. The van der Waals surface area contributed by atoms with Crippen LogP contribution in [0.2, 0.25) is 0 Å². The minimum Gasteiger partial charge on any atom is -0.406 e. The molecule has 2 amide bonds. The van der Waals surface area contributed by atoms with Crippen LogP contribution in [0.4, 0.5) is 23.7 Å². The Balaban J connectivity index is 1.43. The molecular formula is C20H17F3N4O3. The first-order valence-electron chi connectivity index (χ1n) is 9.21. The molecule has 30 heavy (non-hydrogen) atoms. The van der Waals surface area contributed by atoms with Gasteiger partial charge in [-0.25, -0.2) is 4.79 Å². The predicted molar refractivity (Wildman–Crippen MR) is 101 cm³/mol. The zero-order valence-electron chi connectivity index (χ0n) is 15.6. The number of likely N-dealkylation sites (tertiary alicyclic amines) is 1. The van der Waals surface area contributed by atoms with Gasteiger partial charge < -0.3 is 19.5 Å². The van der Waals surface area contributed by atoms with E-state index in [1.807, 2.05) is 30.3 Å². The van der Waals surface area contributed by atoms with Crippen LogP contribution >= 0.6 is 0 Å². The molecule has 1 aromatic heterocycles. The van der Waals surface area contributed by atoms with Crippen molar-refractivity contribution in [1.29, 1.82) is 0 Å². The molecule has 0 unspecified atom stereocenters. The van der Waals surface area contributed by atoms with Crippen LogP contribution in [0.1, 0.15) is 24.8 Å². The molecule has 1 N–H and O–H groups in total. The standard InChI is InChI=1S/C20H17F3N4O3/c21-20(22,23)29-15-10-8-14(9-11-15)24-19(28)27-12-4-7-16(27)18-25-17(26-30-18)13-5-2-1-3-6-13/h1-3,5-6,8-11,16H,4,7,12H2,(H,24,28)/t16-/m0/s1. The Morgan fingerprint density at radius 1 is 1.13 bits per heavy atom. The molecule has 2 heterocycles. The van der Waals surface area contributed by atoms with Gasteiger partial charge in [0.25, 0.3) is 0 Å². The number of benzene rings is 2. The van der Waals surface area contributed by atoms with Gasteiger partial charge in [0.2, 0.25) is 11.7 Å². The molecule has 0 radical (unpaired) electrons. The first-order chi connectivity index (χ1) is 14.4. The SMILES string of the molecule is O=C(Nc1ccc(OC(F)(F)F)cc1)N1CCC[C@H]1c1nc(-c2ccccc2)no1. The van der Waals surface area contributed by atoms with E-state index in [-0.39, 0.29) is 11.8 Å². The fourth-order valence-electron chi connectivity index (χ4n) is 3.28. The van der Waals surface area contributed by atoms with Crippen LogP contribution in [0.5, 0.6) is 5.75 Å². The number of nitrogens with zero attached hydrogens (tertiary/aromatic N) is 3. The maximum atomic E-state index is 12.7. The maximum absolute atomic E-state index is 12.7. The quantitative estimate of drug-likeness (QED) is 0.645. The van der Waals surface area contributed by atoms with Gasteiger partial charge in [-0.2, -0.15) is 4.98 Å². The zero-order valence-corrected chi connectivity index (χ0v) is 15.6. The average molecular weight is 418 g/mol. The van der Waals surface area contributed by atoms with Crippen molar-refractivity contribution in [2.45, 2.75) is 25.2 Å². The number of anilines is 1. The molecule has 0 saturated carbocycles. The summed E-state index contributed by atoms with van der Waals surface area (Å²) in [6.07, 6.45) is -3.34. The van der Waals surface area contributed by atoms with Crippen LogP contribution < -0.4 is 10.1 Å². The highest BCUT2D eigenvalue weighted by Gasteiger charge is 2.34. The zero-order chi connectivity index (χ0) is 21.1. The Labute approximate surface area is 169 Å². The number of hydrogen-bond acceptors (Lipinski definition) is 5. The molecule has 7 nitrogen and oxygen atoms in total. The second kappa shape index (κ2) is 8.05. The first-order valence-corrected chi connectivity index (χ1v) is 9.21. The lowest BCUT2D eigenvalue weighted by molar-refractivity contribution is -0.274. The molecule has 0 bridgehead atoms. The molecule has 1 atom stereocenters. The van der Waals surface area contributed by atoms with E-state index in [2.05, 4.69) is 20.2 Å². The number of aromatic nitrogens is 2. The highest BCUT2D eigenvalue weighted by molar-refractivity contribution is 5.89. The van der Waals surface area contributed by atoms with E-state index in [0.29, 0.717) is 30.4 Å². The van der Waals surface area contributed by atoms with E-state index in [1.165, 1.54) is 12.1 Å². The summed E-state index contributed by atoms with van der Waals surface area (Å²) in [6.45, 7) is 0.495. The number of halogens is 3. The average Bonchev–Trinajstić information content (AvgIpc) is 3.38. The molecule has 4 rings (SSSR count). The number of alkyl halides is 3. The smallest absolute Gasteiger partial charge is 0.406 e. The molecule has 0 aliphatic carbocycles. The molecule has 10 heteroatoms. The Morgan fingerprint density at radius 2 is 1.87 bits per heavy atom. The number of rotatable bonds is 4. The van der Waals surface area contributed by atoms with Crippen molar-refractivity contribution in [2.24, 2.45) is 0 Å². The second-order valence-electron chi connectivity index (χ2n) is 6.68. The van der Waals surface area contributed by atoms with E-state index in [0.717, 1.165) is 24.1 Å². The predicted octanol–water partition coefficient (Wildman–Crippen LogP) is 5.00. The van der Waals surface area contributed by atoms with E-state index in [4.69, 9.17) is 4.52 Å². The Morgan fingerprint density at radius 3 is 2.57 bits per heavy atom. The Bertz CT molecular complexity index is 1010. The van der Waals surface area contributed by atoms with Crippen molar-refractivity contribution < 1.29 is 27.2 Å². The molecular weight excluding hydrogens is 401 g/mol. The van der Waals surface area contributed by atoms with Gasteiger partial charge in [0, 0.05) is 17.8 Å². The number of amides is 2. The summed E-state index contributed by atoms with van der Waals surface area (Å²) in [5.41, 5.74) is 1.15. The van der Waals surface area contributed by atoms with Crippen molar-refractivity contribution in [3.8, 4) is 17.1 Å². The van der Waals surface area contributed by atoms with Gasteiger partial charge in [-0.05, 0) is 37.1 Å². The molecule has 1 fully saturated rings. The summed E-state index contributed by atoms with van der Waals surface area (Å²) in [7, 11) is 0. The van der Waals surface area contributed by atoms with Gasteiger partial charge in [0.1, 0.15) is 11.8 Å². The molecule has 1 aliphatic heterocycles. The van der Waals surface area contributed by atoms with Gasteiger partial charge in [0.15, 0.2) is 0 Å². The van der Waals surface area contributed by atoms with Gasteiger partial charge in [-0.1, -0.05) is 35.5 Å². The van der Waals surface area contributed by atoms with E-state index < -0.39 is 12.4 Å². The third-order valence-corrected chi connectivity index (χ3v) is 4.61. The number of nitrogens with one attached hydrogen (secondary N) is 1. The monoisotopic (exact) mass is 418 g/mol. The number of urea groups is 1. The third kappa shape index (κ3) is 4.53. The molecule has 1 aliphatic rings. The molecule has 3 aromatic rings.